The molecule has 0 heterocycles. The number of nitrogens with one attached hydrogen (secondary N) is 1. The molecule has 0 atom stereocenters. The van der Waals surface area contributed by atoms with E-state index in [-0.39, 0.29) is 18.2 Å². The van der Waals surface area contributed by atoms with Gasteiger partial charge in [-0.05, 0) is 24.1 Å². The van der Waals surface area contributed by atoms with Crippen LogP contribution in [0.15, 0.2) is 24.3 Å². The molecule has 1 aromatic rings. The van der Waals surface area contributed by atoms with E-state index in [9.17, 15) is 9.59 Å². The summed E-state index contributed by atoms with van der Waals surface area (Å²) >= 11 is 0. The Balaban J connectivity index is 2.57. The predicted octanol–water partition coefficient (Wildman–Crippen LogP) is 1.45. The second kappa shape index (κ2) is 5.90. The molecule has 0 unspecified atom stereocenters. The Hall–Kier alpha value is -1.84. The van der Waals surface area contributed by atoms with Crippen molar-refractivity contribution in [3.8, 4) is 0 Å². The first-order valence-corrected chi connectivity index (χ1v) is 5.29. The van der Waals surface area contributed by atoms with Crippen molar-refractivity contribution in [2.24, 2.45) is 5.73 Å². The maximum absolute atomic E-state index is 11.3. The van der Waals surface area contributed by atoms with Crippen molar-refractivity contribution < 1.29 is 9.59 Å². The lowest BCUT2D eigenvalue weighted by molar-refractivity contribution is -0.117. The van der Waals surface area contributed by atoms with Gasteiger partial charge >= 0.3 is 0 Å². The van der Waals surface area contributed by atoms with Crippen LogP contribution in [0.4, 0.5) is 5.69 Å². The number of carbonyl (C=O) groups is 2. The molecule has 86 valence electrons. The molecule has 3 N–H and O–H groups in total. The molecular formula is C12H16N2O2. The minimum Gasteiger partial charge on any atom is -0.369 e. The van der Waals surface area contributed by atoms with E-state index in [2.05, 4.69) is 5.32 Å². The standard InChI is InChI=1S/C12H16N2O2/c1-2-3-12(16)14-10-6-4-9(5-7-10)8-11(13)15/h4-7H,2-3,8H2,1H3,(H2,13,15)(H,14,16). The first-order chi connectivity index (χ1) is 7.61. The van der Waals surface area contributed by atoms with E-state index in [0.717, 1.165) is 17.7 Å². The Morgan fingerprint density at radius 1 is 1.25 bits per heavy atom. The summed E-state index contributed by atoms with van der Waals surface area (Å²) in [4.78, 5) is 22.0. The fourth-order valence-electron chi connectivity index (χ4n) is 1.36. The Morgan fingerprint density at radius 3 is 2.38 bits per heavy atom. The Labute approximate surface area is 94.8 Å². The van der Waals surface area contributed by atoms with Crippen LogP contribution < -0.4 is 11.1 Å². The molecule has 0 radical (unpaired) electrons. The highest BCUT2D eigenvalue weighted by Gasteiger charge is 2.01. The molecule has 0 bridgehead atoms. The highest BCUT2D eigenvalue weighted by Crippen LogP contribution is 2.10. The molecule has 4 nitrogen and oxygen atoms in total. The Bertz CT molecular complexity index is 371. The zero-order valence-corrected chi connectivity index (χ0v) is 9.32. The molecule has 0 aliphatic carbocycles. The number of hydrogen-bond acceptors (Lipinski definition) is 2. The van der Waals surface area contributed by atoms with Gasteiger partial charge in [0.2, 0.25) is 11.8 Å². The zero-order chi connectivity index (χ0) is 12.0. The van der Waals surface area contributed by atoms with Crippen molar-refractivity contribution in [1.29, 1.82) is 0 Å². The van der Waals surface area contributed by atoms with Crippen LogP contribution >= 0.6 is 0 Å². The topological polar surface area (TPSA) is 72.2 Å². The summed E-state index contributed by atoms with van der Waals surface area (Å²) in [5.41, 5.74) is 6.66. The van der Waals surface area contributed by atoms with Crippen LogP contribution in [0, 0.1) is 0 Å². The summed E-state index contributed by atoms with van der Waals surface area (Å²) in [6.07, 6.45) is 1.57. The number of rotatable bonds is 5. The van der Waals surface area contributed by atoms with Gasteiger partial charge < -0.3 is 11.1 Å². The first kappa shape index (κ1) is 12.2. The molecule has 0 saturated carbocycles. The summed E-state index contributed by atoms with van der Waals surface area (Å²) in [5.74, 6) is -0.354. The molecule has 4 heteroatoms. The molecule has 0 fully saturated rings. The average Bonchev–Trinajstić information content (AvgIpc) is 2.20. The number of hydrogen-bond donors (Lipinski definition) is 2. The maximum Gasteiger partial charge on any atom is 0.224 e. The van der Waals surface area contributed by atoms with Crippen LogP contribution in [0.2, 0.25) is 0 Å². The second-order valence-electron chi connectivity index (χ2n) is 3.64. The van der Waals surface area contributed by atoms with Crippen molar-refractivity contribution in [2.45, 2.75) is 26.2 Å². The van der Waals surface area contributed by atoms with Gasteiger partial charge in [0.1, 0.15) is 0 Å². The quantitative estimate of drug-likeness (QED) is 0.788. The third-order valence-electron chi connectivity index (χ3n) is 2.09. The lowest BCUT2D eigenvalue weighted by Gasteiger charge is -2.05. The average molecular weight is 220 g/mol. The number of benzene rings is 1. The molecule has 2 amide bonds. The van der Waals surface area contributed by atoms with Crippen LogP contribution in [0.1, 0.15) is 25.3 Å². The summed E-state index contributed by atoms with van der Waals surface area (Å²) in [6.45, 7) is 1.95. The molecule has 0 spiro atoms. The van der Waals surface area contributed by atoms with Crippen LogP contribution in [0.25, 0.3) is 0 Å². The number of anilines is 1. The monoisotopic (exact) mass is 220 g/mol. The minimum absolute atomic E-state index is 0.00477. The summed E-state index contributed by atoms with van der Waals surface area (Å²) in [6, 6.07) is 7.11. The van der Waals surface area contributed by atoms with Crippen molar-refractivity contribution in [3.05, 3.63) is 29.8 Å². The van der Waals surface area contributed by atoms with Crippen molar-refractivity contribution >= 4 is 17.5 Å². The minimum atomic E-state index is -0.359. The van der Waals surface area contributed by atoms with E-state index >= 15 is 0 Å². The van der Waals surface area contributed by atoms with Gasteiger partial charge in [0.15, 0.2) is 0 Å². The second-order valence-corrected chi connectivity index (χ2v) is 3.64. The molecule has 16 heavy (non-hydrogen) atoms. The fraction of sp³-hybridized carbons (Fsp3) is 0.333. The van der Waals surface area contributed by atoms with Crippen molar-refractivity contribution in [3.63, 3.8) is 0 Å². The van der Waals surface area contributed by atoms with Crippen molar-refractivity contribution in [1.82, 2.24) is 0 Å². The predicted molar refractivity (Wildman–Crippen MR) is 62.9 cm³/mol. The van der Waals surface area contributed by atoms with Crippen LogP contribution in [-0.2, 0) is 16.0 Å². The highest BCUT2D eigenvalue weighted by molar-refractivity contribution is 5.90. The summed E-state index contributed by atoms with van der Waals surface area (Å²) in [5, 5.41) is 2.77. The van der Waals surface area contributed by atoms with E-state index < -0.39 is 0 Å². The number of primary amides is 1. The van der Waals surface area contributed by atoms with Gasteiger partial charge in [-0.1, -0.05) is 19.1 Å². The lowest BCUT2D eigenvalue weighted by Crippen LogP contribution is -2.14. The van der Waals surface area contributed by atoms with E-state index in [1.54, 1.807) is 24.3 Å². The molecular weight excluding hydrogens is 204 g/mol. The van der Waals surface area contributed by atoms with Gasteiger partial charge in [0.05, 0.1) is 6.42 Å². The van der Waals surface area contributed by atoms with E-state index in [0.29, 0.717) is 6.42 Å². The summed E-state index contributed by atoms with van der Waals surface area (Å²) < 4.78 is 0. The van der Waals surface area contributed by atoms with Gasteiger partial charge in [0.25, 0.3) is 0 Å². The van der Waals surface area contributed by atoms with E-state index in [1.165, 1.54) is 0 Å². The van der Waals surface area contributed by atoms with E-state index in [1.807, 2.05) is 6.92 Å². The molecule has 0 saturated heterocycles. The number of amides is 2. The van der Waals surface area contributed by atoms with Crippen molar-refractivity contribution in [2.75, 3.05) is 5.32 Å². The molecule has 0 aromatic heterocycles. The smallest absolute Gasteiger partial charge is 0.224 e. The van der Waals surface area contributed by atoms with Crippen LogP contribution in [0.5, 0.6) is 0 Å². The largest absolute Gasteiger partial charge is 0.369 e. The van der Waals surface area contributed by atoms with Crippen LogP contribution in [0.3, 0.4) is 0 Å². The summed E-state index contributed by atoms with van der Waals surface area (Å²) in [7, 11) is 0. The Kier molecular flexibility index (Phi) is 4.51. The SMILES string of the molecule is CCCC(=O)Nc1ccc(CC(N)=O)cc1. The number of nitrogens with two attached hydrogens (primary N) is 1. The van der Waals surface area contributed by atoms with Gasteiger partial charge in [-0.25, -0.2) is 0 Å². The first-order valence-electron chi connectivity index (χ1n) is 5.29. The molecule has 1 aromatic carbocycles. The third kappa shape index (κ3) is 4.13. The van der Waals surface area contributed by atoms with Gasteiger partial charge in [-0.2, -0.15) is 0 Å². The Morgan fingerprint density at radius 2 is 1.88 bits per heavy atom. The van der Waals surface area contributed by atoms with Crippen LogP contribution in [-0.4, -0.2) is 11.8 Å². The zero-order valence-electron chi connectivity index (χ0n) is 9.32. The third-order valence-corrected chi connectivity index (χ3v) is 2.09. The van der Waals surface area contributed by atoms with Gasteiger partial charge in [-0.3, -0.25) is 9.59 Å². The maximum atomic E-state index is 11.3. The fourth-order valence-corrected chi connectivity index (χ4v) is 1.36. The normalized spacial score (nSPS) is 9.81. The van der Waals surface area contributed by atoms with Gasteiger partial charge in [-0.15, -0.1) is 0 Å². The van der Waals surface area contributed by atoms with Gasteiger partial charge in [0, 0.05) is 12.1 Å². The highest BCUT2D eigenvalue weighted by atomic mass is 16.1. The molecule has 0 aliphatic heterocycles. The molecule has 1 rings (SSSR count). The number of carbonyl (C=O) groups excluding carboxylic acids is 2. The lowest BCUT2D eigenvalue weighted by atomic mass is 10.1. The van der Waals surface area contributed by atoms with E-state index in [4.69, 9.17) is 5.73 Å². The molecule has 0 aliphatic rings.